The van der Waals surface area contributed by atoms with Crippen molar-refractivity contribution in [1.82, 2.24) is 9.55 Å². The molecule has 10 heteroatoms. The van der Waals surface area contributed by atoms with Crippen LogP contribution in [0.1, 0.15) is 31.1 Å². The van der Waals surface area contributed by atoms with Crippen molar-refractivity contribution < 1.29 is 23.9 Å². The Morgan fingerprint density at radius 2 is 1.74 bits per heavy atom. The molecule has 9 nitrogen and oxygen atoms in total. The summed E-state index contributed by atoms with van der Waals surface area (Å²) in [5.74, 6) is -1.35. The summed E-state index contributed by atoms with van der Waals surface area (Å²) in [5.41, 5.74) is -0.335. The number of nitrogens with one attached hydrogen (secondary N) is 1. The molecule has 0 radical (unpaired) electrons. The predicted octanol–water partition coefficient (Wildman–Crippen LogP) is 1.17. The van der Waals surface area contributed by atoms with Crippen LogP contribution in [0.3, 0.4) is 0 Å². The van der Waals surface area contributed by atoms with Gasteiger partial charge in [0.25, 0.3) is 11.5 Å². The number of carbonyl (C=O) groups is 3. The zero-order valence-electron chi connectivity index (χ0n) is 14.5. The van der Waals surface area contributed by atoms with Gasteiger partial charge in [0.15, 0.2) is 5.16 Å². The van der Waals surface area contributed by atoms with Crippen LogP contribution in [0.5, 0.6) is 0 Å². The van der Waals surface area contributed by atoms with Gasteiger partial charge in [-0.25, -0.2) is 14.6 Å². The minimum Gasteiger partial charge on any atom is -0.465 e. The summed E-state index contributed by atoms with van der Waals surface area (Å²) >= 11 is 1.44. The lowest BCUT2D eigenvalue weighted by Crippen LogP contribution is -2.29. The van der Waals surface area contributed by atoms with Crippen molar-refractivity contribution in [2.75, 3.05) is 25.3 Å². The van der Waals surface area contributed by atoms with Crippen molar-refractivity contribution in [3.8, 4) is 0 Å². The Morgan fingerprint density at radius 3 is 2.33 bits per heavy atom. The second-order valence-corrected chi connectivity index (χ2v) is 6.56. The van der Waals surface area contributed by atoms with E-state index in [4.69, 9.17) is 0 Å². The molecule has 1 aromatic heterocycles. The van der Waals surface area contributed by atoms with Gasteiger partial charge in [-0.1, -0.05) is 11.8 Å². The summed E-state index contributed by atoms with van der Waals surface area (Å²) in [7, 11) is 2.39. The first-order valence-electron chi connectivity index (χ1n) is 7.80. The number of fused-ring (bicyclic) bond motifs is 1. The lowest BCUT2D eigenvalue weighted by atomic mass is 10.1. The molecule has 0 aliphatic carbocycles. The first-order chi connectivity index (χ1) is 12.9. The number of ether oxygens (including phenoxy) is 2. The van der Waals surface area contributed by atoms with Crippen molar-refractivity contribution in [3.05, 3.63) is 51.4 Å². The summed E-state index contributed by atoms with van der Waals surface area (Å²) in [6.07, 6.45) is 1.22. The summed E-state index contributed by atoms with van der Waals surface area (Å²) in [5, 5.41) is 3.08. The number of thioether (sulfide) groups is 1. The Labute approximate surface area is 157 Å². The molecule has 1 aliphatic heterocycles. The quantitative estimate of drug-likeness (QED) is 0.612. The average Bonchev–Trinajstić information content (AvgIpc) is 3.16. The van der Waals surface area contributed by atoms with Crippen LogP contribution in [0, 0.1) is 0 Å². The van der Waals surface area contributed by atoms with Crippen molar-refractivity contribution in [3.63, 3.8) is 0 Å². The maximum Gasteiger partial charge on any atom is 0.337 e. The molecular formula is C17H15N3O6S. The van der Waals surface area contributed by atoms with Crippen LogP contribution in [0.2, 0.25) is 0 Å². The van der Waals surface area contributed by atoms with Crippen molar-refractivity contribution in [1.29, 1.82) is 0 Å². The molecule has 0 fully saturated rings. The number of methoxy groups -OCH3 is 2. The van der Waals surface area contributed by atoms with Crippen LogP contribution in [-0.2, 0) is 16.0 Å². The molecule has 0 saturated heterocycles. The zero-order valence-corrected chi connectivity index (χ0v) is 15.3. The number of hydrogen-bond donors (Lipinski definition) is 1. The molecule has 1 aromatic carbocycles. The van der Waals surface area contributed by atoms with Gasteiger partial charge in [-0.05, 0) is 18.2 Å². The number of nitrogens with zero attached hydrogens (tertiary/aromatic N) is 2. The minimum atomic E-state index is -0.697. The van der Waals surface area contributed by atoms with Gasteiger partial charge in [0.1, 0.15) is 5.56 Å². The standard InChI is InChI=1S/C17H15N3O6S/c1-25-15(23)9-5-10(16(24)26-2)7-11(6-9)19-13(21)12-8-18-17-20(14(12)22)3-4-27-17/h5-8H,3-4H2,1-2H3,(H,19,21). The molecule has 1 amide bonds. The third-order valence-corrected chi connectivity index (χ3v) is 4.81. The number of rotatable bonds is 4. The maximum absolute atomic E-state index is 12.5. The highest BCUT2D eigenvalue weighted by Crippen LogP contribution is 2.21. The Morgan fingerprint density at radius 1 is 1.11 bits per heavy atom. The lowest BCUT2D eigenvalue weighted by molar-refractivity contribution is 0.0599. The molecule has 0 bridgehead atoms. The number of benzene rings is 1. The fourth-order valence-electron chi connectivity index (χ4n) is 2.54. The number of anilines is 1. The molecule has 2 aromatic rings. The van der Waals surface area contributed by atoms with Crippen molar-refractivity contribution in [2.24, 2.45) is 0 Å². The molecule has 0 saturated carbocycles. The summed E-state index contributed by atoms with van der Waals surface area (Å²) < 4.78 is 10.7. The van der Waals surface area contributed by atoms with Gasteiger partial charge in [-0.3, -0.25) is 14.2 Å². The van der Waals surface area contributed by atoms with Gasteiger partial charge in [-0.15, -0.1) is 0 Å². The Hall–Kier alpha value is -3.14. The van der Waals surface area contributed by atoms with E-state index in [1.54, 1.807) is 0 Å². The topological polar surface area (TPSA) is 117 Å². The third kappa shape index (κ3) is 3.70. The van der Waals surface area contributed by atoms with Crippen LogP contribution < -0.4 is 10.9 Å². The molecular weight excluding hydrogens is 374 g/mol. The largest absolute Gasteiger partial charge is 0.465 e. The first kappa shape index (κ1) is 18.6. The van der Waals surface area contributed by atoms with Crippen LogP contribution in [0.4, 0.5) is 5.69 Å². The van der Waals surface area contributed by atoms with Gasteiger partial charge in [0.2, 0.25) is 0 Å². The number of amides is 1. The van der Waals surface area contributed by atoms with E-state index in [2.05, 4.69) is 19.8 Å². The smallest absolute Gasteiger partial charge is 0.337 e. The average molecular weight is 389 g/mol. The highest BCUT2D eigenvalue weighted by atomic mass is 32.2. The van der Waals surface area contributed by atoms with Gasteiger partial charge < -0.3 is 14.8 Å². The molecule has 1 N–H and O–H groups in total. The summed E-state index contributed by atoms with van der Waals surface area (Å²) in [6, 6.07) is 3.96. The molecule has 2 heterocycles. The molecule has 3 rings (SSSR count). The number of carbonyl (C=O) groups excluding carboxylic acids is 3. The van der Waals surface area contributed by atoms with E-state index in [1.165, 1.54) is 54.9 Å². The fourth-order valence-corrected chi connectivity index (χ4v) is 3.46. The maximum atomic E-state index is 12.5. The first-order valence-corrected chi connectivity index (χ1v) is 8.79. The van der Waals surface area contributed by atoms with Gasteiger partial charge >= 0.3 is 11.9 Å². The second kappa shape index (κ2) is 7.62. The zero-order chi connectivity index (χ0) is 19.6. The van der Waals surface area contributed by atoms with Crippen LogP contribution >= 0.6 is 11.8 Å². The number of hydrogen-bond acceptors (Lipinski definition) is 8. The van der Waals surface area contributed by atoms with Crippen molar-refractivity contribution >= 4 is 35.3 Å². The summed E-state index contributed by atoms with van der Waals surface area (Å²) in [4.78, 5) is 52.7. The summed E-state index contributed by atoms with van der Waals surface area (Å²) in [6.45, 7) is 0.483. The molecule has 1 aliphatic rings. The monoisotopic (exact) mass is 389 g/mol. The fraction of sp³-hybridized carbons (Fsp3) is 0.235. The highest BCUT2D eigenvalue weighted by molar-refractivity contribution is 7.99. The molecule has 0 unspecified atom stereocenters. The lowest BCUT2D eigenvalue weighted by Gasteiger charge is -2.10. The predicted molar refractivity (Wildman–Crippen MR) is 96.3 cm³/mol. The van der Waals surface area contributed by atoms with Crippen LogP contribution in [0.15, 0.2) is 34.3 Å². The van der Waals surface area contributed by atoms with Gasteiger partial charge in [-0.2, -0.15) is 0 Å². The van der Waals surface area contributed by atoms with Crippen molar-refractivity contribution in [2.45, 2.75) is 11.7 Å². The Balaban J connectivity index is 1.95. The van der Waals surface area contributed by atoms with E-state index >= 15 is 0 Å². The second-order valence-electron chi connectivity index (χ2n) is 5.50. The number of aromatic nitrogens is 2. The normalized spacial score (nSPS) is 12.2. The van der Waals surface area contributed by atoms with E-state index < -0.39 is 23.4 Å². The Bertz CT molecular complexity index is 966. The third-order valence-electron chi connectivity index (χ3n) is 3.83. The minimum absolute atomic E-state index is 0.0518. The van der Waals surface area contributed by atoms with Gasteiger partial charge in [0.05, 0.1) is 25.3 Å². The van der Waals surface area contributed by atoms with E-state index in [1.807, 2.05) is 0 Å². The van der Waals surface area contributed by atoms with Crippen LogP contribution in [0.25, 0.3) is 0 Å². The van der Waals surface area contributed by atoms with E-state index in [9.17, 15) is 19.2 Å². The van der Waals surface area contributed by atoms with E-state index in [-0.39, 0.29) is 22.4 Å². The van der Waals surface area contributed by atoms with Gasteiger partial charge in [0, 0.05) is 24.2 Å². The SMILES string of the molecule is COC(=O)c1cc(NC(=O)c2cnc3n(c2=O)CCS3)cc(C(=O)OC)c1. The van der Waals surface area contributed by atoms with E-state index in [0.29, 0.717) is 11.7 Å². The number of esters is 2. The van der Waals surface area contributed by atoms with Crippen LogP contribution in [-0.4, -0.2) is 47.4 Å². The Kier molecular flexibility index (Phi) is 5.26. The molecule has 27 heavy (non-hydrogen) atoms. The highest BCUT2D eigenvalue weighted by Gasteiger charge is 2.21. The van der Waals surface area contributed by atoms with E-state index in [0.717, 1.165) is 5.75 Å². The molecule has 0 spiro atoms. The molecule has 140 valence electrons. The molecule has 0 atom stereocenters.